The van der Waals surface area contributed by atoms with E-state index in [-0.39, 0.29) is 5.91 Å². The van der Waals surface area contributed by atoms with Crippen molar-refractivity contribution in [3.63, 3.8) is 0 Å². The third kappa shape index (κ3) is 4.78. The van der Waals surface area contributed by atoms with Crippen molar-refractivity contribution in [2.75, 3.05) is 37.6 Å². The lowest BCUT2D eigenvalue weighted by atomic mass is 9.98. The van der Waals surface area contributed by atoms with Crippen LogP contribution in [0.2, 0.25) is 0 Å². The van der Waals surface area contributed by atoms with E-state index in [1.165, 1.54) is 53.9 Å². The Morgan fingerprint density at radius 2 is 1.71 bits per heavy atom. The van der Waals surface area contributed by atoms with Crippen LogP contribution in [0.5, 0.6) is 0 Å². The number of carbonyl (C=O) groups excluding carboxylic acids is 1. The van der Waals surface area contributed by atoms with Crippen LogP contribution in [0.1, 0.15) is 41.8 Å². The minimum Gasteiger partial charge on any atom is -0.372 e. The number of fused-ring (bicyclic) bond motifs is 1. The van der Waals surface area contributed by atoms with E-state index in [2.05, 4.69) is 58.0 Å². The monoisotopic (exact) mass is 433 g/mol. The summed E-state index contributed by atoms with van der Waals surface area (Å²) in [7, 11) is 0. The van der Waals surface area contributed by atoms with Gasteiger partial charge in [0.15, 0.2) is 0 Å². The number of piperidine rings is 2. The minimum atomic E-state index is 0.0622. The van der Waals surface area contributed by atoms with Crippen LogP contribution in [0, 0.1) is 5.92 Å². The molecule has 4 nitrogen and oxygen atoms in total. The number of hydrogen-bond acceptors (Lipinski definition) is 4. The number of nitrogens with zero attached hydrogens (tertiary/aromatic N) is 1. The highest BCUT2D eigenvalue weighted by molar-refractivity contribution is 7.20. The van der Waals surface area contributed by atoms with Crippen molar-refractivity contribution in [2.24, 2.45) is 5.92 Å². The van der Waals surface area contributed by atoms with Gasteiger partial charge in [-0.2, -0.15) is 0 Å². The highest BCUT2D eigenvalue weighted by atomic mass is 32.1. The van der Waals surface area contributed by atoms with E-state index in [0.717, 1.165) is 42.7 Å². The molecule has 2 aliphatic heterocycles. The maximum atomic E-state index is 12.7. The molecule has 0 atom stereocenters. The van der Waals surface area contributed by atoms with Gasteiger partial charge >= 0.3 is 0 Å². The summed E-state index contributed by atoms with van der Waals surface area (Å²) in [5.41, 5.74) is 3.77. The summed E-state index contributed by atoms with van der Waals surface area (Å²) in [5, 5.41) is 7.67. The third-order valence-corrected chi connectivity index (χ3v) is 7.77. The van der Waals surface area contributed by atoms with Crippen LogP contribution >= 0.6 is 11.3 Å². The number of hydrogen-bond donors (Lipinski definition) is 2. The van der Waals surface area contributed by atoms with Gasteiger partial charge in [0, 0.05) is 30.0 Å². The molecule has 0 saturated carbocycles. The summed E-state index contributed by atoms with van der Waals surface area (Å²) < 4.78 is 1.17. The maximum absolute atomic E-state index is 12.7. The summed E-state index contributed by atoms with van der Waals surface area (Å²) in [6, 6.07) is 17.5. The summed E-state index contributed by atoms with van der Waals surface area (Å²) in [5.74, 6) is 0.659. The largest absolute Gasteiger partial charge is 0.372 e. The van der Waals surface area contributed by atoms with Crippen molar-refractivity contribution in [3.05, 3.63) is 53.4 Å². The predicted octanol–water partition coefficient (Wildman–Crippen LogP) is 5.29. The molecule has 2 aromatic carbocycles. The van der Waals surface area contributed by atoms with Crippen LogP contribution in [0.15, 0.2) is 48.5 Å². The molecule has 2 N–H and O–H groups in total. The lowest BCUT2D eigenvalue weighted by Crippen LogP contribution is -2.35. The summed E-state index contributed by atoms with van der Waals surface area (Å²) in [4.78, 5) is 16.0. The van der Waals surface area contributed by atoms with E-state index in [9.17, 15) is 4.79 Å². The van der Waals surface area contributed by atoms with E-state index in [4.69, 9.17) is 0 Å². The van der Waals surface area contributed by atoms with Gasteiger partial charge < -0.3 is 15.5 Å². The van der Waals surface area contributed by atoms with E-state index in [1.54, 1.807) is 11.3 Å². The molecular weight excluding hydrogens is 402 g/mol. The molecule has 5 heteroatoms. The van der Waals surface area contributed by atoms with Crippen molar-refractivity contribution >= 4 is 33.0 Å². The highest BCUT2D eigenvalue weighted by Gasteiger charge is 2.16. The van der Waals surface area contributed by atoms with Crippen molar-refractivity contribution in [1.29, 1.82) is 0 Å². The number of thiophene rings is 1. The smallest absolute Gasteiger partial charge is 0.261 e. The molecule has 0 radical (unpaired) electrons. The Hall–Kier alpha value is -2.37. The van der Waals surface area contributed by atoms with E-state index in [1.807, 2.05) is 6.07 Å². The SMILES string of the molecule is O=C(NCC1CCNCC1)c1cc2ccc(-c3ccc(N4CCCCC4)cc3)cc2s1. The molecule has 1 amide bonds. The van der Waals surface area contributed by atoms with E-state index >= 15 is 0 Å². The molecule has 2 aliphatic rings. The first-order chi connectivity index (χ1) is 15.3. The van der Waals surface area contributed by atoms with E-state index < -0.39 is 0 Å². The normalized spacial score (nSPS) is 17.7. The predicted molar refractivity (Wildman–Crippen MR) is 131 cm³/mol. The molecule has 31 heavy (non-hydrogen) atoms. The zero-order valence-electron chi connectivity index (χ0n) is 18.0. The highest BCUT2D eigenvalue weighted by Crippen LogP contribution is 2.32. The van der Waals surface area contributed by atoms with Gasteiger partial charge in [-0.05, 0) is 91.9 Å². The summed E-state index contributed by atoms with van der Waals surface area (Å²) in [6.45, 7) is 5.24. The molecule has 0 aliphatic carbocycles. The molecule has 0 bridgehead atoms. The Morgan fingerprint density at radius 3 is 2.48 bits per heavy atom. The summed E-state index contributed by atoms with van der Waals surface area (Å²) in [6.07, 6.45) is 6.24. The Balaban J connectivity index is 1.28. The lowest BCUT2D eigenvalue weighted by molar-refractivity contribution is 0.0948. The van der Waals surface area contributed by atoms with Gasteiger partial charge in [0.1, 0.15) is 0 Å². The molecule has 162 valence electrons. The average molecular weight is 434 g/mol. The molecule has 2 fully saturated rings. The van der Waals surface area contributed by atoms with E-state index in [0.29, 0.717) is 5.92 Å². The van der Waals surface area contributed by atoms with Crippen molar-refractivity contribution in [1.82, 2.24) is 10.6 Å². The maximum Gasteiger partial charge on any atom is 0.261 e. The van der Waals surface area contributed by atoms with Crippen molar-refractivity contribution in [3.8, 4) is 11.1 Å². The standard InChI is InChI=1S/C26H31N3OS/c30-26(28-18-19-10-12-27-13-11-19)25-17-22-5-4-21(16-24(22)31-25)20-6-8-23(9-7-20)29-14-2-1-3-15-29/h4-9,16-17,19,27H,1-3,10-15,18H2,(H,28,30). The fraction of sp³-hybridized carbons (Fsp3) is 0.423. The Labute approximate surface area is 188 Å². The van der Waals surface area contributed by atoms with Crippen molar-refractivity contribution < 1.29 is 4.79 Å². The number of benzene rings is 2. The van der Waals surface area contributed by atoms with Gasteiger partial charge in [-0.1, -0.05) is 24.3 Å². The lowest BCUT2D eigenvalue weighted by Gasteiger charge is -2.28. The molecule has 2 saturated heterocycles. The second kappa shape index (κ2) is 9.41. The quantitative estimate of drug-likeness (QED) is 0.575. The van der Waals surface area contributed by atoms with Crippen LogP contribution in [0.4, 0.5) is 5.69 Å². The van der Waals surface area contributed by atoms with Crippen LogP contribution in [-0.4, -0.2) is 38.6 Å². The van der Waals surface area contributed by atoms with Gasteiger partial charge in [-0.15, -0.1) is 11.3 Å². The molecule has 3 aromatic rings. The van der Waals surface area contributed by atoms with Crippen LogP contribution in [0.25, 0.3) is 21.2 Å². The molecule has 5 rings (SSSR count). The van der Waals surface area contributed by atoms with Gasteiger partial charge in [-0.25, -0.2) is 0 Å². The number of rotatable bonds is 5. The second-order valence-electron chi connectivity index (χ2n) is 8.86. The molecule has 1 aromatic heterocycles. The zero-order chi connectivity index (χ0) is 21.0. The van der Waals surface area contributed by atoms with Crippen LogP contribution in [0.3, 0.4) is 0 Å². The van der Waals surface area contributed by atoms with Crippen molar-refractivity contribution in [2.45, 2.75) is 32.1 Å². The Kier molecular flexibility index (Phi) is 6.23. The van der Waals surface area contributed by atoms with Crippen LogP contribution < -0.4 is 15.5 Å². The first-order valence-electron chi connectivity index (χ1n) is 11.6. The Bertz CT molecular complexity index is 1030. The number of amides is 1. The number of carbonyl (C=O) groups is 1. The van der Waals surface area contributed by atoms with Gasteiger partial charge in [-0.3, -0.25) is 4.79 Å². The first-order valence-corrected chi connectivity index (χ1v) is 12.5. The first kappa shape index (κ1) is 20.5. The fourth-order valence-corrected chi connectivity index (χ4v) is 5.77. The van der Waals surface area contributed by atoms with Gasteiger partial charge in [0.05, 0.1) is 4.88 Å². The molecule has 0 unspecified atom stereocenters. The second-order valence-corrected chi connectivity index (χ2v) is 9.95. The molecule has 0 spiro atoms. The summed E-state index contributed by atoms with van der Waals surface area (Å²) >= 11 is 1.59. The van der Waals surface area contributed by atoms with Gasteiger partial charge in [0.2, 0.25) is 0 Å². The zero-order valence-corrected chi connectivity index (χ0v) is 18.8. The van der Waals surface area contributed by atoms with Crippen LogP contribution in [-0.2, 0) is 0 Å². The number of nitrogens with one attached hydrogen (secondary N) is 2. The Morgan fingerprint density at radius 1 is 0.968 bits per heavy atom. The topological polar surface area (TPSA) is 44.4 Å². The van der Waals surface area contributed by atoms with Gasteiger partial charge in [0.25, 0.3) is 5.91 Å². The third-order valence-electron chi connectivity index (χ3n) is 6.68. The average Bonchev–Trinajstić information content (AvgIpc) is 3.27. The fourth-order valence-electron chi connectivity index (χ4n) is 4.75. The molecular formula is C26H31N3OS. The molecule has 3 heterocycles. The minimum absolute atomic E-state index is 0.0622. The number of anilines is 1.